The van der Waals surface area contributed by atoms with Gasteiger partial charge in [-0.2, -0.15) is 0 Å². The molecule has 0 radical (unpaired) electrons. The van der Waals surface area contributed by atoms with Gasteiger partial charge in [0.05, 0.1) is 12.1 Å². The van der Waals surface area contributed by atoms with Crippen LogP contribution < -0.4 is 5.73 Å². The molecule has 1 saturated carbocycles. The Hall–Kier alpha value is -0.990. The number of hydrogen-bond donors (Lipinski definition) is 1. The van der Waals surface area contributed by atoms with Gasteiger partial charge in [-0.15, -0.1) is 6.58 Å². The molecule has 0 unspecified atom stereocenters. The normalized spacial score (nSPS) is 28.2. The summed E-state index contributed by atoms with van der Waals surface area (Å²) >= 11 is 0. The number of aliphatic imine (C=N–C) groups is 1. The average Bonchev–Trinajstić information content (AvgIpc) is 2.42. The van der Waals surface area contributed by atoms with Crippen LogP contribution >= 0.6 is 0 Å². The van der Waals surface area contributed by atoms with Gasteiger partial charge >= 0.3 is 0 Å². The summed E-state index contributed by atoms with van der Waals surface area (Å²) < 4.78 is 0. The molecule has 1 aliphatic carbocycles. The Morgan fingerprint density at radius 2 is 1.78 bits per heavy atom. The Labute approximate surface area is 111 Å². The summed E-state index contributed by atoms with van der Waals surface area (Å²) in [5.41, 5.74) is 6.89. The molecule has 0 saturated heterocycles. The quantitative estimate of drug-likeness (QED) is 0.765. The third kappa shape index (κ3) is 2.27. The van der Waals surface area contributed by atoms with Gasteiger partial charge < -0.3 is 10.6 Å². The van der Waals surface area contributed by atoms with Crippen LogP contribution in [0.3, 0.4) is 0 Å². The molecular formula is C15H27N3. The zero-order chi connectivity index (χ0) is 13.6. The number of nitrogens with two attached hydrogens (primary N) is 1. The minimum Gasteiger partial charge on any atom is -0.370 e. The van der Waals surface area contributed by atoms with Crippen molar-refractivity contribution in [1.29, 1.82) is 0 Å². The standard InChI is InChI=1S/C15H27N3/c1-6-7-18-12(16)17-11-15(18)9-13(2,3)8-14(4,5)10-15/h6H,1,7-11H2,2-5H3,(H2,16,17). The summed E-state index contributed by atoms with van der Waals surface area (Å²) in [6.07, 6.45) is 5.54. The van der Waals surface area contributed by atoms with Crippen molar-refractivity contribution in [3.8, 4) is 0 Å². The van der Waals surface area contributed by atoms with Crippen molar-refractivity contribution in [2.75, 3.05) is 13.1 Å². The third-order valence-electron chi connectivity index (χ3n) is 4.27. The molecule has 0 aromatic rings. The summed E-state index contributed by atoms with van der Waals surface area (Å²) in [4.78, 5) is 6.80. The van der Waals surface area contributed by atoms with Gasteiger partial charge in [0.25, 0.3) is 0 Å². The summed E-state index contributed by atoms with van der Waals surface area (Å²) in [5.74, 6) is 0.698. The van der Waals surface area contributed by atoms with E-state index in [0.717, 1.165) is 13.1 Å². The highest BCUT2D eigenvalue weighted by molar-refractivity contribution is 5.81. The summed E-state index contributed by atoms with van der Waals surface area (Å²) in [6, 6.07) is 0. The fraction of sp³-hybridized carbons (Fsp3) is 0.800. The molecule has 0 aromatic carbocycles. The maximum Gasteiger partial charge on any atom is 0.192 e. The maximum absolute atomic E-state index is 6.08. The smallest absolute Gasteiger partial charge is 0.192 e. The number of nitrogens with zero attached hydrogens (tertiary/aromatic N) is 2. The molecule has 1 heterocycles. The Bertz CT molecular complexity index is 363. The number of guanidine groups is 1. The first kappa shape index (κ1) is 13.4. The van der Waals surface area contributed by atoms with E-state index < -0.39 is 0 Å². The van der Waals surface area contributed by atoms with Gasteiger partial charge in [0.2, 0.25) is 0 Å². The van der Waals surface area contributed by atoms with Gasteiger partial charge in [0, 0.05) is 6.54 Å². The highest BCUT2D eigenvalue weighted by Crippen LogP contribution is 2.53. The second-order valence-electron chi connectivity index (χ2n) is 7.66. The van der Waals surface area contributed by atoms with Crippen LogP contribution in [0.2, 0.25) is 0 Å². The SMILES string of the molecule is C=CCN1C(N)=NCC12CC(C)(C)CC(C)(C)C2. The lowest BCUT2D eigenvalue weighted by molar-refractivity contribution is -0.00108. The predicted octanol–water partition coefficient (Wildman–Crippen LogP) is 2.78. The van der Waals surface area contributed by atoms with Crippen molar-refractivity contribution in [2.45, 2.75) is 52.5 Å². The molecule has 1 fully saturated rings. The van der Waals surface area contributed by atoms with Crippen molar-refractivity contribution < 1.29 is 0 Å². The van der Waals surface area contributed by atoms with Crippen LogP contribution in [0.15, 0.2) is 17.6 Å². The molecule has 3 heteroatoms. The van der Waals surface area contributed by atoms with Crippen molar-refractivity contribution in [3.05, 3.63) is 12.7 Å². The molecule has 2 rings (SSSR count). The van der Waals surface area contributed by atoms with E-state index in [-0.39, 0.29) is 5.54 Å². The summed E-state index contributed by atoms with van der Waals surface area (Å²) in [7, 11) is 0. The molecule has 0 bridgehead atoms. The van der Waals surface area contributed by atoms with Crippen LogP contribution in [-0.4, -0.2) is 29.5 Å². The monoisotopic (exact) mass is 249 g/mol. The highest BCUT2D eigenvalue weighted by atomic mass is 15.4. The van der Waals surface area contributed by atoms with Crippen LogP contribution in [0.1, 0.15) is 47.0 Å². The average molecular weight is 249 g/mol. The number of hydrogen-bond acceptors (Lipinski definition) is 3. The second-order valence-corrected chi connectivity index (χ2v) is 7.66. The molecule has 102 valence electrons. The van der Waals surface area contributed by atoms with E-state index in [1.807, 2.05) is 6.08 Å². The first-order chi connectivity index (χ1) is 8.20. The van der Waals surface area contributed by atoms with E-state index in [2.05, 4.69) is 44.2 Å². The molecule has 2 N–H and O–H groups in total. The molecule has 18 heavy (non-hydrogen) atoms. The van der Waals surface area contributed by atoms with E-state index in [9.17, 15) is 0 Å². The predicted molar refractivity (Wildman–Crippen MR) is 77.5 cm³/mol. The van der Waals surface area contributed by atoms with Crippen LogP contribution in [0.25, 0.3) is 0 Å². The van der Waals surface area contributed by atoms with Crippen molar-refractivity contribution in [1.82, 2.24) is 4.90 Å². The first-order valence-electron chi connectivity index (χ1n) is 6.88. The largest absolute Gasteiger partial charge is 0.370 e. The van der Waals surface area contributed by atoms with Gasteiger partial charge in [-0.1, -0.05) is 33.8 Å². The highest BCUT2D eigenvalue weighted by Gasteiger charge is 2.52. The lowest BCUT2D eigenvalue weighted by atomic mass is 9.58. The van der Waals surface area contributed by atoms with Crippen molar-refractivity contribution >= 4 is 5.96 Å². The van der Waals surface area contributed by atoms with E-state index in [0.29, 0.717) is 16.8 Å². The van der Waals surface area contributed by atoms with Gasteiger partial charge in [0.1, 0.15) is 0 Å². The molecule has 0 atom stereocenters. The van der Waals surface area contributed by atoms with E-state index in [1.165, 1.54) is 19.3 Å². The topological polar surface area (TPSA) is 41.6 Å². The Kier molecular flexibility index (Phi) is 2.99. The number of rotatable bonds is 2. The van der Waals surface area contributed by atoms with Gasteiger partial charge in [-0.05, 0) is 30.1 Å². The molecule has 0 amide bonds. The van der Waals surface area contributed by atoms with Crippen LogP contribution in [-0.2, 0) is 0 Å². The molecule has 2 aliphatic rings. The fourth-order valence-corrected chi connectivity index (χ4v) is 4.63. The molecule has 1 aliphatic heterocycles. The maximum atomic E-state index is 6.08. The lowest BCUT2D eigenvalue weighted by Crippen LogP contribution is -2.58. The molecule has 0 aromatic heterocycles. The van der Waals surface area contributed by atoms with Crippen molar-refractivity contribution in [2.24, 2.45) is 21.6 Å². The summed E-state index contributed by atoms with van der Waals surface area (Å²) in [5, 5.41) is 0. The van der Waals surface area contributed by atoms with Crippen molar-refractivity contribution in [3.63, 3.8) is 0 Å². The molecular weight excluding hydrogens is 222 g/mol. The van der Waals surface area contributed by atoms with E-state index in [4.69, 9.17) is 5.73 Å². The fourth-order valence-electron chi connectivity index (χ4n) is 4.63. The lowest BCUT2D eigenvalue weighted by Gasteiger charge is -2.53. The zero-order valence-electron chi connectivity index (χ0n) is 12.3. The van der Waals surface area contributed by atoms with Crippen LogP contribution in [0, 0.1) is 10.8 Å². The zero-order valence-corrected chi connectivity index (χ0v) is 12.3. The Morgan fingerprint density at radius 1 is 1.22 bits per heavy atom. The molecule has 3 nitrogen and oxygen atoms in total. The van der Waals surface area contributed by atoms with Crippen LogP contribution in [0.5, 0.6) is 0 Å². The Morgan fingerprint density at radius 3 is 2.28 bits per heavy atom. The third-order valence-corrected chi connectivity index (χ3v) is 4.27. The van der Waals surface area contributed by atoms with Crippen LogP contribution in [0.4, 0.5) is 0 Å². The first-order valence-corrected chi connectivity index (χ1v) is 6.88. The Balaban J connectivity index is 2.32. The molecule has 1 spiro atoms. The van der Waals surface area contributed by atoms with Gasteiger partial charge in [-0.3, -0.25) is 4.99 Å². The van der Waals surface area contributed by atoms with E-state index in [1.54, 1.807) is 0 Å². The van der Waals surface area contributed by atoms with Gasteiger partial charge in [0.15, 0.2) is 5.96 Å². The minimum absolute atomic E-state index is 0.115. The minimum atomic E-state index is 0.115. The summed E-state index contributed by atoms with van der Waals surface area (Å²) in [6.45, 7) is 15.0. The van der Waals surface area contributed by atoms with Gasteiger partial charge in [-0.25, -0.2) is 0 Å². The second kappa shape index (κ2) is 4.01. The van der Waals surface area contributed by atoms with E-state index >= 15 is 0 Å².